The molecule has 3 heteroatoms. The lowest BCUT2D eigenvalue weighted by atomic mass is 9.83. The number of hydrogen-bond donors (Lipinski definition) is 1. The number of benzene rings is 6. The third-order valence-corrected chi connectivity index (χ3v) is 14.4. The van der Waals surface area contributed by atoms with Crippen LogP contribution in [-0.2, 0) is 6.42 Å². The van der Waals surface area contributed by atoms with Gasteiger partial charge in [-0.2, -0.15) is 0 Å². The first kappa shape index (κ1) is 58.7. The van der Waals surface area contributed by atoms with Crippen molar-refractivity contribution in [1.82, 2.24) is 0 Å². The molecular formula is C72H78NPS. The highest BCUT2D eigenvalue weighted by molar-refractivity contribution is 7.27. The van der Waals surface area contributed by atoms with Gasteiger partial charge in [0.25, 0.3) is 0 Å². The van der Waals surface area contributed by atoms with Crippen LogP contribution < -0.4 is 5.30 Å². The van der Waals surface area contributed by atoms with Crippen molar-refractivity contribution in [2.75, 3.05) is 0 Å². The summed E-state index contributed by atoms with van der Waals surface area (Å²) in [4.78, 5) is 1.17. The molecule has 1 nitrogen and oxygen atoms in total. The molecule has 1 heterocycles. The molecule has 0 aliphatic carbocycles. The van der Waals surface area contributed by atoms with Crippen molar-refractivity contribution in [2.45, 2.75) is 88.5 Å². The van der Waals surface area contributed by atoms with Gasteiger partial charge < -0.3 is 5.41 Å². The van der Waals surface area contributed by atoms with Gasteiger partial charge in [-0.25, -0.2) is 0 Å². The number of rotatable bonds is 18. The molecule has 1 N–H and O–H groups in total. The minimum absolute atomic E-state index is 0.449. The monoisotopic (exact) mass is 1020 g/mol. The third kappa shape index (κ3) is 15.4. The highest BCUT2D eigenvalue weighted by atomic mass is 32.1. The van der Waals surface area contributed by atoms with E-state index in [0.29, 0.717) is 5.71 Å². The van der Waals surface area contributed by atoms with Crippen molar-refractivity contribution in [3.63, 3.8) is 0 Å². The zero-order chi connectivity index (χ0) is 54.3. The average molecular weight is 1020 g/mol. The van der Waals surface area contributed by atoms with Crippen LogP contribution in [0.4, 0.5) is 0 Å². The Bertz CT molecular complexity index is 3350. The highest BCUT2D eigenvalue weighted by Crippen LogP contribution is 2.43. The Labute approximate surface area is 458 Å². The van der Waals surface area contributed by atoms with E-state index in [4.69, 9.17) is 0 Å². The molecule has 0 aliphatic rings. The van der Waals surface area contributed by atoms with E-state index >= 15 is 0 Å². The molecule has 0 saturated carbocycles. The van der Waals surface area contributed by atoms with E-state index in [1.165, 1.54) is 53.9 Å². The number of thiophene rings is 1. The highest BCUT2D eigenvalue weighted by Gasteiger charge is 2.21. The Hall–Kier alpha value is -7.22. The second-order valence-electron chi connectivity index (χ2n) is 18.1. The largest absolute Gasteiger partial charge is 0.300 e. The van der Waals surface area contributed by atoms with E-state index in [-0.39, 0.29) is 0 Å². The van der Waals surface area contributed by atoms with Crippen molar-refractivity contribution < 1.29 is 0 Å². The smallest absolute Gasteiger partial charge is 0.0627 e. The molecule has 7 aromatic rings. The Morgan fingerprint density at radius 2 is 1.31 bits per heavy atom. The molecule has 0 saturated heterocycles. The summed E-state index contributed by atoms with van der Waals surface area (Å²) in [5.41, 5.74) is 19.7. The standard InChI is InChI=1S/C60H60NPS.C10H12.C2H6/c1-9-15-16-17-18-19-26-41(7)35-56(61)60-53(46-30-29-44(24-12-4)51(37-46)49-28-21-20-27-42(49)8)39-48(45-32-34-59-55(36-45)50(25-13-5)58(14-6)63-59)40-54(60)47-31-33-57(62)52(38-47)43(22-10-2)23-11-3;1-3-6-10-8-5-4-7-9(10)2;1-2/h10-11,13-23,25-40,61H,2,6,9,12,24,62H2,1,3-5,7-8H3;3-8H,1-2H3;1-2H3/b16-15-,18-17-,23-11-,25-13-,26-19+,41-35-,43-22+,61-56?;6-3-;. The fourth-order valence-corrected chi connectivity index (χ4v) is 10.5. The number of allylic oxidation sites excluding steroid dienone is 15. The molecule has 0 amide bonds. The van der Waals surface area contributed by atoms with E-state index in [1.807, 2.05) is 64.2 Å². The maximum atomic E-state index is 10.1. The van der Waals surface area contributed by atoms with Gasteiger partial charge >= 0.3 is 0 Å². The number of hydrogen-bond acceptors (Lipinski definition) is 2. The van der Waals surface area contributed by atoms with E-state index in [2.05, 4.69) is 240 Å². The van der Waals surface area contributed by atoms with Crippen molar-refractivity contribution in [3.8, 4) is 44.5 Å². The molecule has 0 radical (unpaired) electrons. The molecule has 6 aromatic carbocycles. The summed E-state index contributed by atoms with van der Waals surface area (Å²) in [6, 6.07) is 42.1. The fourth-order valence-electron chi connectivity index (χ4n) is 9.08. The van der Waals surface area contributed by atoms with Gasteiger partial charge in [0, 0.05) is 20.5 Å². The number of nitrogens with one attached hydrogen (secondary N) is 1. The van der Waals surface area contributed by atoms with Gasteiger partial charge in [0.15, 0.2) is 0 Å². The Morgan fingerprint density at radius 3 is 1.96 bits per heavy atom. The predicted molar refractivity (Wildman–Crippen MR) is 345 cm³/mol. The van der Waals surface area contributed by atoms with Gasteiger partial charge in [-0.1, -0.05) is 217 Å². The van der Waals surface area contributed by atoms with Crippen molar-refractivity contribution >= 4 is 65.5 Å². The van der Waals surface area contributed by atoms with Gasteiger partial charge in [0.05, 0.1) is 5.71 Å². The molecular weight excluding hydrogens is 942 g/mol. The van der Waals surface area contributed by atoms with Crippen LogP contribution in [0.1, 0.15) is 112 Å². The van der Waals surface area contributed by atoms with E-state index in [9.17, 15) is 5.41 Å². The first-order valence-corrected chi connectivity index (χ1v) is 27.9. The first-order valence-electron chi connectivity index (χ1n) is 26.5. The lowest BCUT2D eigenvalue weighted by Gasteiger charge is -2.21. The minimum Gasteiger partial charge on any atom is -0.300 e. The average Bonchev–Trinajstić information content (AvgIpc) is 3.77. The topological polar surface area (TPSA) is 23.9 Å². The van der Waals surface area contributed by atoms with Gasteiger partial charge in [0.1, 0.15) is 0 Å². The summed E-state index contributed by atoms with van der Waals surface area (Å²) in [7, 11) is 2.93. The van der Waals surface area contributed by atoms with Gasteiger partial charge in [-0.3, -0.25) is 0 Å². The molecule has 1 atom stereocenters. The van der Waals surface area contributed by atoms with E-state index < -0.39 is 0 Å². The minimum atomic E-state index is 0.449. The lowest BCUT2D eigenvalue weighted by molar-refractivity contribution is 0.923. The van der Waals surface area contributed by atoms with Crippen molar-refractivity contribution in [2.24, 2.45) is 0 Å². The fraction of sp³-hybridized carbons (Fsp3) is 0.181. The first-order chi connectivity index (χ1) is 36.5. The molecule has 0 aliphatic heterocycles. The van der Waals surface area contributed by atoms with Gasteiger partial charge in [0.2, 0.25) is 0 Å². The molecule has 0 fully saturated rings. The quantitative estimate of drug-likeness (QED) is 0.0503. The normalized spacial score (nSPS) is 12.1. The molecule has 7 rings (SSSR count). The van der Waals surface area contributed by atoms with Gasteiger partial charge in [-0.05, 0) is 191 Å². The summed E-state index contributed by atoms with van der Waals surface area (Å²) < 4.78 is 1.23. The zero-order valence-corrected chi connectivity index (χ0v) is 48.2. The molecule has 0 bridgehead atoms. The molecule has 0 spiro atoms. The summed E-state index contributed by atoms with van der Waals surface area (Å²) in [6.07, 6.45) is 36.0. The molecule has 382 valence electrons. The number of aryl methyl sites for hydroxylation is 3. The maximum absolute atomic E-state index is 10.1. The van der Waals surface area contributed by atoms with Crippen LogP contribution in [0.25, 0.3) is 78.4 Å². The summed E-state index contributed by atoms with van der Waals surface area (Å²) in [5.74, 6) is 0. The second kappa shape index (κ2) is 30.2. The van der Waals surface area contributed by atoms with Crippen molar-refractivity contribution in [1.29, 1.82) is 5.41 Å². The summed E-state index contributed by atoms with van der Waals surface area (Å²) in [5, 5.41) is 12.4. The van der Waals surface area contributed by atoms with Crippen LogP contribution in [0.5, 0.6) is 0 Å². The molecule has 1 aromatic heterocycles. The molecule has 1 unspecified atom stereocenters. The number of fused-ring (bicyclic) bond motifs is 1. The van der Waals surface area contributed by atoms with Crippen molar-refractivity contribution in [3.05, 3.63) is 257 Å². The predicted octanol–water partition coefficient (Wildman–Crippen LogP) is 21.6. The van der Waals surface area contributed by atoms with E-state index in [0.717, 1.165) is 80.2 Å². The summed E-state index contributed by atoms with van der Waals surface area (Å²) >= 11 is 1.77. The summed E-state index contributed by atoms with van der Waals surface area (Å²) in [6.45, 7) is 29.1. The lowest BCUT2D eigenvalue weighted by Crippen LogP contribution is -2.06. The third-order valence-electron chi connectivity index (χ3n) is 12.7. The van der Waals surface area contributed by atoms with E-state index in [1.54, 1.807) is 11.3 Å². The van der Waals surface area contributed by atoms with Crippen LogP contribution >= 0.6 is 20.6 Å². The SMILES string of the molecule is C/C=C\c1ccccc1C.C=C/C=C(\C=C/C)c1cc(-c2cc(-c3ccc4sc(C=C)c(/C=C\C)c4c3)cc(-c3ccc(CCC)c(-c4ccccc4C)c3)c2C(=N)\C=C(C)/C=C/C=C\C=C/CC)ccc1P.CC. The maximum Gasteiger partial charge on any atom is 0.0627 e. The van der Waals surface area contributed by atoms with Crippen LogP contribution in [0.2, 0.25) is 0 Å². The van der Waals surface area contributed by atoms with Crippen LogP contribution in [0.15, 0.2) is 213 Å². The Balaban J connectivity index is 0.000000768. The Morgan fingerprint density at radius 1 is 0.653 bits per heavy atom. The van der Waals surface area contributed by atoms with Crippen LogP contribution in [0.3, 0.4) is 0 Å². The van der Waals surface area contributed by atoms with Gasteiger partial charge in [-0.15, -0.1) is 20.6 Å². The zero-order valence-electron chi connectivity index (χ0n) is 46.2. The second-order valence-corrected chi connectivity index (χ2v) is 19.8. The van der Waals surface area contributed by atoms with Crippen LogP contribution in [0, 0.1) is 19.3 Å². The van der Waals surface area contributed by atoms with Crippen LogP contribution in [-0.4, -0.2) is 5.71 Å². The Kier molecular flexibility index (Phi) is 23.6. The molecule has 75 heavy (non-hydrogen) atoms.